The molecule has 0 saturated carbocycles. The normalized spacial score (nSPS) is 11.8. The molecule has 1 aromatic heterocycles. The Labute approximate surface area is 158 Å². The van der Waals surface area contributed by atoms with E-state index in [9.17, 15) is 23.4 Å². The summed E-state index contributed by atoms with van der Waals surface area (Å²) in [6.07, 6.45) is -4.50. The lowest BCUT2D eigenvalue weighted by Gasteiger charge is -2.08. The Kier molecular flexibility index (Phi) is 4.22. The SMILES string of the molecule is Oc1ccc(-c2nn(Cc3ccccc3)c3ccc(C(F)(F)F)cc23)c(O)c1. The van der Waals surface area contributed by atoms with Crippen molar-refractivity contribution >= 4 is 10.9 Å². The highest BCUT2D eigenvalue weighted by atomic mass is 19.4. The van der Waals surface area contributed by atoms with Crippen molar-refractivity contribution in [1.29, 1.82) is 0 Å². The molecule has 1 heterocycles. The summed E-state index contributed by atoms with van der Waals surface area (Å²) in [5.41, 5.74) is 1.12. The van der Waals surface area contributed by atoms with Gasteiger partial charge in [-0.25, -0.2) is 0 Å². The van der Waals surface area contributed by atoms with Gasteiger partial charge in [-0.05, 0) is 35.9 Å². The molecule has 0 saturated heterocycles. The number of hydrogen-bond donors (Lipinski definition) is 2. The molecule has 0 unspecified atom stereocenters. The molecule has 7 heteroatoms. The molecule has 0 amide bonds. The maximum Gasteiger partial charge on any atom is 0.416 e. The van der Waals surface area contributed by atoms with Crippen LogP contribution in [-0.4, -0.2) is 20.0 Å². The van der Waals surface area contributed by atoms with Gasteiger partial charge in [0.2, 0.25) is 0 Å². The van der Waals surface area contributed by atoms with Crippen molar-refractivity contribution in [2.45, 2.75) is 12.7 Å². The zero-order chi connectivity index (χ0) is 19.9. The van der Waals surface area contributed by atoms with E-state index in [0.29, 0.717) is 12.1 Å². The fourth-order valence-corrected chi connectivity index (χ4v) is 3.15. The second kappa shape index (κ2) is 6.60. The van der Waals surface area contributed by atoms with Gasteiger partial charge in [0.05, 0.1) is 17.6 Å². The molecule has 3 aromatic carbocycles. The van der Waals surface area contributed by atoms with Crippen molar-refractivity contribution in [3.8, 4) is 22.8 Å². The average Bonchev–Trinajstić information content (AvgIpc) is 2.99. The number of rotatable bonds is 3. The van der Waals surface area contributed by atoms with Crippen molar-refractivity contribution in [2.75, 3.05) is 0 Å². The van der Waals surface area contributed by atoms with E-state index in [-0.39, 0.29) is 28.1 Å². The van der Waals surface area contributed by atoms with Crippen molar-refractivity contribution in [1.82, 2.24) is 9.78 Å². The van der Waals surface area contributed by atoms with Crippen molar-refractivity contribution < 1.29 is 23.4 Å². The molecular formula is C21H15F3N2O2. The number of phenolic OH excluding ortho intramolecular Hbond substituents is 2. The topological polar surface area (TPSA) is 58.3 Å². The van der Waals surface area contributed by atoms with E-state index in [1.165, 1.54) is 18.2 Å². The number of aromatic nitrogens is 2. The van der Waals surface area contributed by atoms with E-state index in [2.05, 4.69) is 5.10 Å². The van der Waals surface area contributed by atoms with Crippen LogP contribution in [0.25, 0.3) is 22.2 Å². The quantitative estimate of drug-likeness (QED) is 0.512. The smallest absolute Gasteiger partial charge is 0.416 e. The predicted octanol–water partition coefficient (Wildman–Crippen LogP) is 5.18. The predicted molar refractivity (Wildman–Crippen MR) is 99.0 cm³/mol. The first-order valence-corrected chi connectivity index (χ1v) is 8.47. The molecule has 28 heavy (non-hydrogen) atoms. The van der Waals surface area contributed by atoms with E-state index >= 15 is 0 Å². The van der Waals surface area contributed by atoms with Gasteiger partial charge in [-0.3, -0.25) is 4.68 Å². The highest BCUT2D eigenvalue weighted by Gasteiger charge is 2.31. The van der Waals surface area contributed by atoms with Crippen molar-refractivity contribution in [3.63, 3.8) is 0 Å². The number of fused-ring (bicyclic) bond motifs is 1. The lowest BCUT2D eigenvalue weighted by molar-refractivity contribution is -0.137. The molecule has 142 valence electrons. The minimum Gasteiger partial charge on any atom is -0.508 e. The van der Waals surface area contributed by atoms with Crippen LogP contribution in [0.1, 0.15) is 11.1 Å². The monoisotopic (exact) mass is 384 g/mol. The van der Waals surface area contributed by atoms with Gasteiger partial charge in [-0.15, -0.1) is 0 Å². The van der Waals surface area contributed by atoms with Gasteiger partial charge in [0, 0.05) is 17.0 Å². The molecule has 0 bridgehead atoms. The molecule has 0 atom stereocenters. The zero-order valence-electron chi connectivity index (χ0n) is 14.5. The summed E-state index contributed by atoms with van der Waals surface area (Å²) in [5.74, 6) is -0.408. The van der Waals surface area contributed by atoms with Crippen LogP contribution in [0.3, 0.4) is 0 Å². The van der Waals surface area contributed by atoms with Crippen molar-refractivity contribution in [2.24, 2.45) is 0 Å². The minimum absolute atomic E-state index is 0.148. The van der Waals surface area contributed by atoms with Crippen LogP contribution in [0.2, 0.25) is 0 Å². The van der Waals surface area contributed by atoms with Gasteiger partial charge in [0.25, 0.3) is 0 Å². The first-order valence-electron chi connectivity index (χ1n) is 8.47. The van der Waals surface area contributed by atoms with Gasteiger partial charge in [-0.2, -0.15) is 18.3 Å². The Morgan fingerprint density at radius 2 is 1.64 bits per heavy atom. The lowest BCUT2D eigenvalue weighted by atomic mass is 10.0. The van der Waals surface area contributed by atoms with Crippen LogP contribution in [-0.2, 0) is 12.7 Å². The Bertz CT molecular complexity index is 1150. The van der Waals surface area contributed by atoms with Gasteiger partial charge in [0.1, 0.15) is 17.2 Å². The van der Waals surface area contributed by atoms with Gasteiger partial charge in [-0.1, -0.05) is 30.3 Å². The summed E-state index contributed by atoms with van der Waals surface area (Å²) in [6.45, 7) is 0.363. The third kappa shape index (κ3) is 3.26. The Morgan fingerprint density at radius 1 is 0.893 bits per heavy atom. The summed E-state index contributed by atoms with van der Waals surface area (Å²) in [6, 6.07) is 16.8. The first-order chi connectivity index (χ1) is 13.3. The molecule has 0 spiro atoms. The van der Waals surface area contributed by atoms with Crippen LogP contribution in [0.15, 0.2) is 66.7 Å². The maximum absolute atomic E-state index is 13.2. The summed E-state index contributed by atoms with van der Waals surface area (Å²) in [4.78, 5) is 0. The van der Waals surface area contributed by atoms with E-state index < -0.39 is 11.7 Å². The molecule has 0 aliphatic rings. The number of phenols is 2. The summed E-state index contributed by atoms with van der Waals surface area (Å²) >= 11 is 0. The van der Waals surface area contributed by atoms with Crippen molar-refractivity contribution in [3.05, 3.63) is 77.9 Å². The molecule has 4 aromatic rings. The Balaban J connectivity index is 1.94. The Morgan fingerprint density at radius 3 is 2.32 bits per heavy atom. The average molecular weight is 384 g/mol. The zero-order valence-corrected chi connectivity index (χ0v) is 14.5. The van der Waals surface area contributed by atoms with Crippen LogP contribution in [0.5, 0.6) is 11.5 Å². The molecule has 0 aliphatic carbocycles. The fourth-order valence-electron chi connectivity index (χ4n) is 3.15. The van der Waals surface area contributed by atoms with E-state index in [0.717, 1.165) is 23.8 Å². The number of hydrogen-bond acceptors (Lipinski definition) is 3. The molecule has 0 radical (unpaired) electrons. The van der Waals surface area contributed by atoms with Crippen LogP contribution >= 0.6 is 0 Å². The Hall–Kier alpha value is -3.48. The van der Waals surface area contributed by atoms with Crippen LogP contribution in [0.4, 0.5) is 13.2 Å². The molecule has 2 N–H and O–H groups in total. The molecule has 0 aliphatic heterocycles. The number of alkyl halides is 3. The van der Waals surface area contributed by atoms with Gasteiger partial charge >= 0.3 is 6.18 Å². The second-order valence-electron chi connectivity index (χ2n) is 6.42. The van der Waals surface area contributed by atoms with Gasteiger partial charge < -0.3 is 10.2 Å². The van der Waals surface area contributed by atoms with E-state index in [1.807, 2.05) is 30.3 Å². The first kappa shape index (κ1) is 17.9. The summed E-state index contributed by atoms with van der Waals surface area (Å²) in [5, 5.41) is 24.5. The molecule has 0 fully saturated rings. The lowest BCUT2D eigenvalue weighted by Crippen LogP contribution is -2.05. The number of halogens is 3. The molecular weight excluding hydrogens is 369 g/mol. The largest absolute Gasteiger partial charge is 0.508 e. The maximum atomic E-state index is 13.2. The third-order valence-corrected chi connectivity index (χ3v) is 4.49. The number of benzene rings is 3. The highest BCUT2D eigenvalue weighted by molar-refractivity contribution is 5.95. The molecule has 4 rings (SSSR count). The number of nitrogens with zero attached hydrogens (tertiary/aromatic N) is 2. The van der Waals surface area contributed by atoms with Crippen LogP contribution < -0.4 is 0 Å². The highest BCUT2D eigenvalue weighted by Crippen LogP contribution is 2.38. The molecule has 4 nitrogen and oxygen atoms in total. The van der Waals surface area contributed by atoms with E-state index in [4.69, 9.17) is 0 Å². The summed E-state index contributed by atoms with van der Waals surface area (Å²) < 4.78 is 41.3. The van der Waals surface area contributed by atoms with Gasteiger partial charge in [0.15, 0.2) is 0 Å². The number of aromatic hydroxyl groups is 2. The fraction of sp³-hybridized carbons (Fsp3) is 0.0952. The standard InChI is InChI=1S/C21H15F3N2O2/c22-21(23,24)14-6-9-18-17(10-14)20(16-8-7-15(27)11-19(16)28)25-26(18)12-13-4-2-1-3-5-13/h1-11,27-28H,12H2. The van der Waals surface area contributed by atoms with Crippen LogP contribution in [0, 0.1) is 0 Å². The second-order valence-corrected chi connectivity index (χ2v) is 6.42. The third-order valence-electron chi connectivity index (χ3n) is 4.49. The minimum atomic E-state index is -4.50. The van der Waals surface area contributed by atoms with E-state index in [1.54, 1.807) is 4.68 Å². The summed E-state index contributed by atoms with van der Waals surface area (Å²) in [7, 11) is 0.